The van der Waals surface area contributed by atoms with Gasteiger partial charge in [0.25, 0.3) is 0 Å². The molecule has 0 aliphatic heterocycles. The molecule has 7 heteroatoms. The van der Waals surface area contributed by atoms with E-state index in [4.69, 9.17) is 5.73 Å². The molecule has 0 aliphatic rings. The smallest absolute Gasteiger partial charge is 0.239 e. The monoisotopic (exact) mass is 299 g/mol. The van der Waals surface area contributed by atoms with Crippen LogP contribution >= 0.6 is 0 Å². The van der Waals surface area contributed by atoms with E-state index in [1.54, 1.807) is 19.4 Å². The number of pyridine rings is 1. The first-order valence-electron chi connectivity index (χ1n) is 6.32. The van der Waals surface area contributed by atoms with Crippen LogP contribution in [0.3, 0.4) is 0 Å². The number of carbonyl (C=O) groups excluding carboxylic acids is 1. The first-order chi connectivity index (χ1) is 9.22. The van der Waals surface area contributed by atoms with Gasteiger partial charge in [0.2, 0.25) is 5.91 Å². The predicted molar refractivity (Wildman–Crippen MR) is 77.7 cm³/mol. The third-order valence-corrected chi connectivity index (χ3v) is 4.21. The quantitative estimate of drug-likeness (QED) is 0.818. The van der Waals surface area contributed by atoms with Gasteiger partial charge in [-0.05, 0) is 31.0 Å². The molecule has 1 amide bonds. The molecule has 6 nitrogen and oxygen atoms in total. The Hall–Kier alpha value is -1.47. The van der Waals surface area contributed by atoms with Crippen molar-refractivity contribution in [2.24, 2.45) is 5.73 Å². The van der Waals surface area contributed by atoms with Gasteiger partial charge in [-0.1, -0.05) is 0 Å². The average Bonchev–Trinajstić information content (AvgIpc) is 2.42. The second-order valence-corrected chi connectivity index (χ2v) is 7.19. The Morgan fingerprint density at radius 3 is 2.45 bits per heavy atom. The minimum atomic E-state index is -3.11. The molecule has 0 saturated carbocycles. The van der Waals surface area contributed by atoms with E-state index >= 15 is 0 Å². The molecule has 1 aromatic heterocycles. The normalized spacial score (nSPS) is 14.6. The highest BCUT2D eigenvalue weighted by Gasteiger charge is 2.23. The van der Waals surface area contributed by atoms with Crippen molar-refractivity contribution in [3.63, 3.8) is 0 Å². The van der Waals surface area contributed by atoms with Crippen molar-refractivity contribution >= 4 is 15.7 Å². The van der Waals surface area contributed by atoms with Crippen molar-refractivity contribution in [2.75, 3.05) is 19.1 Å². The topological polar surface area (TPSA) is 93.4 Å². The highest BCUT2D eigenvalue weighted by atomic mass is 32.2. The molecule has 20 heavy (non-hydrogen) atoms. The second kappa shape index (κ2) is 6.81. The fourth-order valence-electron chi connectivity index (χ4n) is 1.78. The first kappa shape index (κ1) is 16.6. The molecule has 1 aromatic rings. The Balaban J connectivity index is 2.66. The lowest BCUT2D eigenvalue weighted by atomic mass is 10.1. The van der Waals surface area contributed by atoms with Crippen molar-refractivity contribution in [1.82, 2.24) is 9.88 Å². The van der Waals surface area contributed by atoms with E-state index in [1.165, 1.54) is 4.90 Å². The van der Waals surface area contributed by atoms with Crippen LogP contribution in [0.4, 0.5) is 0 Å². The van der Waals surface area contributed by atoms with Crippen LogP contribution in [0.25, 0.3) is 0 Å². The van der Waals surface area contributed by atoms with E-state index < -0.39 is 15.9 Å². The summed E-state index contributed by atoms with van der Waals surface area (Å²) in [6, 6.07) is 2.71. The van der Waals surface area contributed by atoms with Gasteiger partial charge in [-0.15, -0.1) is 0 Å². The minimum Gasteiger partial charge on any atom is -0.338 e. The summed E-state index contributed by atoms with van der Waals surface area (Å²) >= 11 is 0. The van der Waals surface area contributed by atoms with Gasteiger partial charge in [-0.2, -0.15) is 0 Å². The lowest BCUT2D eigenvalue weighted by molar-refractivity contribution is -0.133. The summed E-state index contributed by atoms with van der Waals surface area (Å²) in [5.74, 6) is -0.352. The van der Waals surface area contributed by atoms with Gasteiger partial charge in [0.1, 0.15) is 9.84 Å². The van der Waals surface area contributed by atoms with E-state index in [0.29, 0.717) is 0 Å². The predicted octanol–water partition coefficient (Wildman–Crippen LogP) is 0.363. The maximum atomic E-state index is 12.2. The molecule has 0 aliphatic carbocycles. The molecule has 0 aromatic carbocycles. The SMILES string of the molecule is CC(c1ccncc1)N(C)C(=O)C(N)CCS(C)(=O)=O. The summed E-state index contributed by atoms with van der Waals surface area (Å²) < 4.78 is 22.2. The summed E-state index contributed by atoms with van der Waals surface area (Å²) in [4.78, 5) is 17.6. The lowest BCUT2D eigenvalue weighted by Gasteiger charge is -2.27. The number of aromatic nitrogens is 1. The molecule has 2 N–H and O–H groups in total. The number of rotatable bonds is 6. The Morgan fingerprint density at radius 1 is 1.40 bits per heavy atom. The van der Waals surface area contributed by atoms with Crippen LogP contribution in [0.1, 0.15) is 24.9 Å². The summed E-state index contributed by atoms with van der Waals surface area (Å²) in [6.07, 6.45) is 4.58. The van der Waals surface area contributed by atoms with Gasteiger partial charge in [0.05, 0.1) is 17.8 Å². The van der Waals surface area contributed by atoms with Crippen LogP contribution in [-0.4, -0.2) is 49.3 Å². The van der Waals surface area contributed by atoms with Crippen LogP contribution < -0.4 is 5.73 Å². The molecule has 0 saturated heterocycles. The Bertz CT molecular complexity index is 545. The second-order valence-electron chi connectivity index (χ2n) is 4.93. The van der Waals surface area contributed by atoms with E-state index in [2.05, 4.69) is 4.98 Å². The number of hydrogen-bond acceptors (Lipinski definition) is 5. The fourth-order valence-corrected chi connectivity index (χ4v) is 2.46. The van der Waals surface area contributed by atoms with E-state index in [-0.39, 0.29) is 24.1 Å². The lowest BCUT2D eigenvalue weighted by Crippen LogP contribution is -2.43. The maximum Gasteiger partial charge on any atom is 0.239 e. The average molecular weight is 299 g/mol. The Kier molecular flexibility index (Phi) is 5.64. The van der Waals surface area contributed by atoms with Gasteiger partial charge in [0, 0.05) is 25.7 Å². The van der Waals surface area contributed by atoms with Gasteiger partial charge in [-0.25, -0.2) is 8.42 Å². The molecule has 0 spiro atoms. The molecule has 0 bridgehead atoms. The highest BCUT2D eigenvalue weighted by molar-refractivity contribution is 7.90. The minimum absolute atomic E-state index is 0.0859. The third kappa shape index (κ3) is 4.90. The Morgan fingerprint density at radius 2 is 1.95 bits per heavy atom. The summed E-state index contributed by atoms with van der Waals surface area (Å²) in [5.41, 5.74) is 6.72. The first-order valence-corrected chi connectivity index (χ1v) is 8.38. The summed E-state index contributed by atoms with van der Waals surface area (Å²) in [6.45, 7) is 1.89. The van der Waals surface area contributed by atoms with E-state index in [1.807, 2.05) is 19.1 Å². The number of nitrogens with two attached hydrogens (primary N) is 1. The largest absolute Gasteiger partial charge is 0.338 e. The zero-order valence-electron chi connectivity index (χ0n) is 12.0. The van der Waals surface area contributed by atoms with Crippen LogP contribution in [0.15, 0.2) is 24.5 Å². The number of carbonyl (C=O) groups is 1. The summed E-state index contributed by atoms with van der Waals surface area (Å²) in [7, 11) is -1.45. The fraction of sp³-hybridized carbons (Fsp3) is 0.538. The maximum absolute atomic E-state index is 12.2. The molecule has 0 radical (unpaired) electrons. The third-order valence-electron chi connectivity index (χ3n) is 3.23. The molecule has 0 fully saturated rings. The standard InChI is InChI=1S/C13H21N3O3S/c1-10(11-4-7-15-8-5-11)16(2)13(17)12(14)6-9-20(3,18)19/h4-5,7-8,10,12H,6,9,14H2,1-3H3. The van der Waals surface area contributed by atoms with Gasteiger partial charge < -0.3 is 10.6 Å². The highest BCUT2D eigenvalue weighted by Crippen LogP contribution is 2.18. The molecule has 112 valence electrons. The van der Waals surface area contributed by atoms with E-state index in [9.17, 15) is 13.2 Å². The zero-order valence-corrected chi connectivity index (χ0v) is 12.8. The number of nitrogens with zero attached hydrogens (tertiary/aromatic N) is 2. The summed E-state index contributed by atoms with van der Waals surface area (Å²) in [5, 5.41) is 0. The molecule has 2 unspecified atom stereocenters. The zero-order chi connectivity index (χ0) is 15.3. The Labute approximate surface area is 119 Å². The number of amides is 1. The van der Waals surface area contributed by atoms with Crippen LogP contribution in [0.2, 0.25) is 0 Å². The molecule has 1 heterocycles. The van der Waals surface area contributed by atoms with Crippen molar-refractivity contribution in [3.05, 3.63) is 30.1 Å². The number of hydrogen-bond donors (Lipinski definition) is 1. The van der Waals surface area contributed by atoms with Gasteiger partial charge in [-0.3, -0.25) is 9.78 Å². The molecule has 2 atom stereocenters. The van der Waals surface area contributed by atoms with Gasteiger partial charge >= 0.3 is 0 Å². The van der Waals surface area contributed by atoms with Crippen LogP contribution in [-0.2, 0) is 14.6 Å². The van der Waals surface area contributed by atoms with Crippen molar-refractivity contribution < 1.29 is 13.2 Å². The molecular formula is C13H21N3O3S. The van der Waals surface area contributed by atoms with Crippen LogP contribution in [0, 0.1) is 0 Å². The van der Waals surface area contributed by atoms with Crippen molar-refractivity contribution in [3.8, 4) is 0 Å². The number of likely N-dealkylation sites (N-methyl/N-ethyl adjacent to an activating group) is 1. The van der Waals surface area contributed by atoms with Crippen molar-refractivity contribution in [1.29, 1.82) is 0 Å². The van der Waals surface area contributed by atoms with Gasteiger partial charge in [0.15, 0.2) is 0 Å². The number of sulfone groups is 1. The van der Waals surface area contributed by atoms with Crippen LogP contribution in [0.5, 0.6) is 0 Å². The molecule has 1 rings (SSSR count). The van der Waals surface area contributed by atoms with E-state index in [0.717, 1.165) is 11.8 Å². The van der Waals surface area contributed by atoms with Crippen molar-refractivity contribution in [2.45, 2.75) is 25.4 Å². The molecular weight excluding hydrogens is 278 g/mol.